The summed E-state index contributed by atoms with van der Waals surface area (Å²) >= 11 is 3.47. The lowest BCUT2D eigenvalue weighted by atomic mass is 9.82. The largest absolute Gasteiger partial charge is 0.494 e. The minimum Gasteiger partial charge on any atom is -0.494 e. The fourth-order valence-electron chi connectivity index (χ4n) is 2.82. The summed E-state index contributed by atoms with van der Waals surface area (Å²) in [6.07, 6.45) is 4.34. The van der Waals surface area contributed by atoms with Gasteiger partial charge in [-0.1, -0.05) is 22.9 Å². The average molecular weight is 354 g/mol. The fraction of sp³-hybridized carbons (Fsp3) is 0.588. The van der Waals surface area contributed by atoms with E-state index in [2.05, 4.69) is 28.2 Å². The molecule has 1 aliphatic rings. The zero-order valence-electron chi connectivity index (χ0n) is 12.8. The molecular weight excluding hydrogens is 330 g/mol. The zero-order valence-corrected chi connectivity index (χ0v) is 14.4. The van der Waals surface area contributed by atoms with Crippen molar-refractivity contribution in [3.63, 3.8) is 0 Å². The average Bonchev–Trinajstić information content (AvgIpc) is 2.49. The maximum atomic E-state index is 12.3. The van der Waals surface area contributed by atoms with Crippen molar-refractivity contribution in [3.8, 4) is 5.75 Å². The standard InChI is InChI=1S/C17H24BrNO2/c1-3-21-16-9-8-15(10-14(16)11-18)19-17(20)13-6-4-12(2)5-7-13/h8-10,12-13H,3-7,11H2,1-2H3,(H,19,20). The van der Waals surface area contributed by atoms with E-state index < -0.39 is 0 Å². The number of alkyl halides is 1. The second-order valence-corrected chi connectivity index (χ2v) is 6.40. The smallest absolute Gasteiger partial charge is 0.227 e. The lowest BCUT2D eigenvalue weighted by molar-refractivity contribution is -0.121. The van der Waals surface area contributed by atoms with Gasteiger partial charge in [-0.15, -0.1) is 0 Å². The van der Waals surface area contributed by atoms with Gasteiger partial charge in [0, 0.05) is 22.5 Å². The molecule has 1 N–H and O–H groups in total. The van der Waals surface area contributed by atoms with E-state index in [4.69, 9.17) is 4.74 Å². The van der Waals surface area contributed by atoms with Crippen LogP contribution in [0.3, 0.4) is 0 Å². The number of amides is 1. The van der Waals surface area contributed by atoms with Gasteiger partial charge in [-0.05, 0) is 56.7 Å². The third kappa shape index (κ3) is 4.47. The van der Waals surface area contributed by atoms with Crippen molar-refractivity contribution in [1.82, 2.24) is 0 Å². The van der Waals surface area contributed by atoms with Crippen LogP contribution in [0.15, 0.2) is 18.2 Å². The molecule has 0 heterocycles. The predicted molar refractivity (Wildman–Crippen MR) is 90.0 cm³/mol. The normalized spacial score (nSPS) is 21.9. The predicted octanol–water partition coefficient (Wildman–Crippen LogP) is 4.75. The summed E-state index contributed by atoms with van der Waals surface area (Å²) in [7, 11) is 0. The molecule has 1 amide bonds. The van der Waals surface area contributed by atoms with Gasteiger partial charge in [0.1, 0.15) is 5.75 Å². The first kappa shape index (κ1) is 16.3. The number of rotatable bonds is 5. The van der Waals surface area contributed by atoms with Gasteiger partial charge >= 0.3 is 0 Å². The van der Waals surface area contributed by atoms with Gasteiger partial charge in [-0.25, -0.2) is 0 Å². The van der Waals surface area contributed by atoms with Crippen LogP contribution in [0.25, 0.3) is 0 Å². The highest BCUT2D eigenvalue weighted by atomic mass is 79.9. The van der Waals surface area contributed by atoms with Gasteiger partial charge in [0.05, 0.1) is 6.61 Å². The molecule has 0 bridgehead atoms. The Morgan fingerprint density at radius 2 is 2.05 bits per heavy atom. The molecule has 1 aliphatic carbocycles. The monoisotopic (exact) mass is 353 g/mol. The lowest BCUT2D eigenvalue weighted by Crippen LogP contribution is -2.26. The van der Waals surface area contributed by atoms with Gasteiger partial charge in [-0.3, -0.25) is 4.79 Å². The third-order valence-electron chi connectivity index (χ3n) is 4.16. The van der Waals surface area contributed by atoms with Crippen molar-refractivity contribution in [2.45, 2.75) is 44.9 Å². The van der Waals surface area contributed by atoms with Gasteiger partial charge in [0.2, 0.25) is 5.91 Å². The molecule has 0 saturated heterocycles. The molecule has 1 aromatic carbocycles. The van der Waals surface area contributed by atoms with Crippen LogP contribution in [0.2, 0.25) is 0 Å². The summed E-state index contributed by atoms with van der Waals surface area (Å²) in [6.45, 7) is 4.88. The Morgan fingerprint density at radius 1 is 1.33 bits per heavy atom. The molecule has 1 saturated carbocycles. The summed E-state index contributed by atoms with van der Waals surface area (Å²) in [4.78, 5) is 12.3. The number of carbonyl (C=O) groups is 1. The SMILES string of the molecule is CCOc1ccc(NC(=O)C2CCC(C)CC2)cc1CBr. The summed E-state index contributed by atoms with van der Waals surface area (Å²) < 4.78 is 5.57. The second-order valence-electron chi connectivity index (χ2n) is 5.84. The number of anilines is 1. The van der Waals surface area contributed by atoms with Crippen LogP contribution in [0.1, 0.15) is 45.1 Å². The molecule has 0 unspecified atom stereocenters. The van der Waals surface area contributed by atoms with Gasteiger partial charge in [0.25, 0.3) is 0 Å². The lowest BCUT2D eigenvalue weighted by Gasteiger charge is -2.25. The molecule has 0 spiro atoms. The van der Waals surface area contributed by atoms with Crippen molar-refractivity contribution in [2.75, 3.05) is 11.9 Å². The van der Waals surface area contributed by atoms with Crippen LogP contribution in [0.4, 0.5) is 5.69 Å². The van der Waals surface area contributed by atoms with E-state index >= 15 is 0 Å². The summed E-state index contributed by atoms with van der Waals surface area (Å²) in [5, 5.41) is 3.77. The molecular formula is C17H24BrNO2. The number of hydrogen-bond donors (Lipinski definition) is 1. The van der Waals surface area contributed by atoms with Crippen molar-refractivity contribution < 1.29 is 9.53 Å². The minimum atomic E-state index is 0.159. The first-order valence-corrected chi connectivity index (χ1v) is 8.88. The van der Waals surface area contributed by atoms with Crippen LogP contribution in [-0.2, 0) is 10.1 Å². The Hall–Kier alpha value is -1.03. The third-order valence-corrected chi connectivity index (χ3v) is 4.76. The first-order chi connectivity index (χ1) is 10.1. The number of hydrogen-bond acceptors (Lipinski definition) is 2. The maximum absolute atomic E-state index is 12.3. The van der Waals surface area contributed by atoms with Crippen LogP contribution >= 0.6 is 15.9 Å². The maximum Gasteiger partial charge on any atom is 0.227 e. The van der Waals surface area contributed by atoms with Gasteiger partial charge in [-0.2, -0.15) is 0 Å². The molecule has 0 aliphatic heterocycles. The fourth-order valence-corrected chi connectivity index (χ4v) is 3.26. The van der Waals surface area contributed by atoms with Crippen LogP contribution in [0.5, 0.6) is 5.75 Å². The van der Waals surface area contributed by atoms with Gasteiger partial charge < -0.3 is 10.1 Å². The van der Waals surface area contributed by atoms with Crippen LogP contribution < -0.4 is 10.1 Å². The van der Waals surface area contributed by atoms with Crippen molar-refractivity contribution in [1.29, 1.82) is 0 Å². The van der Waals surface area contributed by atoms with Crippen LogP contribution in [0, 0.1) is 11.8 Å². The van der Waals surface area contributed by atoms with E-state index in [1.54, 1.807) is 0 Å². The Balaban J connectivity index is 2.00. The summed E-state index contributed by atoms with van der Waals surface area (Å²) in [5.74, 6) is 1.96. The van der Waals surface area contributed by atoms with Crippen molar-refractivity contribution in [3.05, 3.63) is 23.8 Å². The first-order valence-electron chi connectivity index (χ1n) is 7.76. The van der Waals surface area contributed by atoms with E-state index in [-0.39, 0.29) is 11.8 Å². The Morgan fingerprint density at radius 3 is 2.67 bits per heavy atom. The molecule has 2 rings (SSSR count). The molecule has 116 valence electrons. The zero-order chi connectivity index (χ0) is 15.2. The van der Waals surface area contributed by atoms with E-state index in [1.165, 1.54) is 0 Å². The summed E-state index contributed by atoms with van der Waals surface area (Å²) in [5.41, 5.74) is 1.92. The quantitative estimate of drug-likeness (QED) is 0.776. The number of nitrogens with one attached hydrogen (secondary N) is 1. The highest BCUT2D eigenvalue weighted by Crippen LogP contribution is 2.30. The van der Waals surface area contributed by atoms with Crippen LogP contribution in [-0.4, -0.2) is 12.5 Å². The van der Waals surface area contributed by atoms with Crippen molar-refractivity contribution >= 4 is 27.5 Å². The molecule has 0 atom stereocenters. The van der Waals surface area contributed by atoms with E-state index in [0.29, 0.717) is 11.9 Å². The van der Waals surface area contributed by atoms with Crippen molar-refractivity contribution in [2.24, 2.45) is 11.8 Å². The minimum absolute atomic E-state index is 0.159. The molecule has 0 aromatic heterocycles. The second kappa shape index (κ2) is 7.83. The number of carbonyl (C=O) groups excluding carboxylic acids is 1. The topological polar surface area (TPSA) is 38.3 Å². The number of ether oxygens (including phenoxy) is 1. The number of halogens is 1. The van der Waals surface area contributed by atoms with E-state index in [9.17, 15) is 4.79 Å². The highest BCUT2D eigenvalue weighted by Gasteiger charge is 2.24. The van der Waals surface area contributed by atoms with E-state index in [1.807, 2.05) is 25.1 Å². The highest BCUT2D eigenvalue weighted by molar-refractivity contribution is 9.08. The molecule has 1 fully saturated rings. The Bertz CT molecular complexity index is 482. The molecule has 1 aromatic rings. The molecule has 3 nitrogen and oxygen atoms in total. The molecule has 4 heteroatoms. The van der Waals surface area contributed by atoms with Gasteiger partial charge in [0.15, 0.2) is 0 Å². The number of benzene rings is 1. The molecule has 21 heavy (non-hydrogen) atoms. The summed E-state index contributed by atoms with van der Waals surface area (Å²) in [6, 6.07) is 5.84. The molecule has 0 radical (unpaired) electrons. The Kier molecular flexibility index (Phi) is 6.09. The Labute approximate surface area is 135 Å². The van der Waals surface area contributed by atoms with E-state index in [0.717, 1.165) is 48.6 Å².